The average Bonchev–Trinajstić information content (AvgIpc) is 2.87. The highest BCUT2D eigenvalue weighted by molar-refractivity contribution is 7.09. The molecule has 0 aromatic carbocycles. The molecule has 0 bridgehead atoms. The minimum Gasteiger partial charge on any atom is -0.456 e. The van der Waals surface area contributed by atoms with Gasteiger partial charge in [0.1, 0.15) is 11.6 Å². The molecule has 1 aromatic heterocycles. The number of aryl methyl sites for hydroxylation is 1. The summed E-state index contributed by atoms with van der Waals surface area (Å²) in [4.78, 5) is 41.4. The van der Waals surface area contributed by atoms with Crippen molar-refractivity contribution in [1.29, 1.82) is 5.26 Å². The van der Waals surface area contributed by atoms with E-state index in [-0.39, 0.29) is 12.5 Å². The molecular formula is C16H19N3O4S. The Labute approximate surface area is 144 Å². The fraction of sp³-hybridized carbons (Fsp3) is 0.562. The van der Waals surface area contributed by atoms with Crippen LogP contribution in [-0.2, 0) is 19.1 Å². The zero-order valence-corrected chi connectivity index (χ0v) is 14.3. The van der Waals surface area contributed by atoms with Crippen molar-refractivity contribution < 1.29 is 19.1 Å². The van der Waals surface area contributed by atoms with E-state index in [1.165, 1.54) is 16.2 Å². The Kier molecular flexibility index (Phi) is 6.44. The number of hydrogen-bond donors (Lipinski definition) is 0. The number of hydrogen-bond acceptors (Lipinski definition) is 7. The largest absolute Gasteiger partial charge is 0.456 e. The fourth-order valence-corrected chi connectivity index (χ4v) is 3.27. The highest BCUT2D eigenvalue weighted by Gasteiger charge is 2.25. The number of carbonyl (C=O) groups is 3. The molecular weight excluding hydrogens is 330 g/mol. The summed E-state index contributed by atoms with van der Waals surface area (Å²) in [5.41, 5.74) is 0.736. The molecule has 1 fully saturated rings. The summed E-state index contributed by atoms with van der Waals surface area (Å²) in [5, 5.41) is 11.3. The molecule has 2 heterocycles. The van der Waals surface area contributed by atoms with Crippen molar-refractivity contribution >= 4 is 29.0 Å². The number of nitriles is 1. The van der Waals surface area contributed by atoms with E-state index in [1.54, 1.807) is 12.3 Å². The maximum Gasteiger partial charge on any atom is 0.326 e. The van der Waals surface area contributed by atoms with Crippen molar-refractivity contribution in [2.45, 2.75) is 38.5 Å². The summed E-state index contributed by atoms with van der Waals surface area (Å²) in [7, 11) is 0. The molecule has 0 spiro atoms. The number of Topliss-reactive ketones (excluding diaryl/α,β-unsaturated/α-hetero) is 1. The van der Waals surface area contributed by atoms with E-state index in [0.717, 1.165) is 25.0 Å². The van der Waals surface area contributed by atoms with Gasteiger partial charge in [-0.1, -0.05) is 6.42 Å². The molecule has 0 N–H and O–H groups in total. The smallest absolute Gasteiger partial charge is 0.326 e. The van der Waals surface area contributed by atoms with Gasteiger partial charge in [0.2, 0.25) is 5.91 Å². The number of aromatic nitrogens is 1. The van der Waals surface area contributed by atoms with Crippen LogP contribution in [0, 0.1) is 18.3 Å². The first kappa shape index (κ1) is 18.1. The van der Waals surface area contributed by atoms with Crippen LogP contribution in [0.2, 0.25) is 0 Å². The van der Waals surface area contributed by atoms with E-state index in [1.807, 2.05) is 6.07 Å². The minimum absolute atomic E-state index is 0.0658. The summed E-state index contributed by atoms with van der Waals surface area (Å²) < 4.78 is 4.95. The Bertz CT molecular complexity index is 665. The van der Waals surface area contributed by atoms with Gasteiger partial charge in [0.15, 0.2) is 18.3 Å². The van der Waals surface area contributed by atoms with Crippen LogP contribution >= 0.6 is 11.3 Å². The van der Waals surface area contributed by atoms with Gasteiger partial charge in [-0.2, -0.15) is 5.26 Å². The normalized spacial score (nSPS) is 16.2. The number of rotatable bonds is 6. The van der Waals surface area contributed by atoms with E-state index in [9.17, 15) is 14.4 Å². The van der Waals surface area contributed by atoms with Crippen LogP contribution in [0.1, 0.15) is 42.3 Å². The van der Waals surface area contributed by atoms with Crippen LogP contribution in [-0.4, -0.2) is 47.2 Å². The zero-order chi connectivity index (χ0) is 17.5. The van der Waals surface area contributed by atoms with Crippen LogP contribution in [0.25, 0.3) is 0 Å². The Hall–Kier alpha value is -2.27. The van der Waals surface area contributed by atoms with Gasteiger partial charge in [0.25, 0.3) is 0 Å². The summed E-state index contributed by atoms with van der Waals surface area (Å²) >= 11 is 1.23. The number of ketones is 1. The third kappa shape index (κ3) is 4.86. The van der Waals surface area contributed by atoms with Gasteiger partial charge < -0.3 is 9.64 Å². The molecule has 0 radical (unpaired) electrons. The maximum absolute atomic E-state index is 12.1. The van der Waals surface area contributed by atoms with Crippen LogP contribution in [0.15, 0.2) is 5.38 Å². The van der Waals surface area contributed by atoms with E-state index in [0.29, 0.717) is 18.0 Å². The first-order valence-corrected chi connectivity index (χ1v) is 8.67. The molecule has 8 heteroatoms. The quantitative estimate of drug-likeness (QED) is 0.723. The third-order valence-electron chi connectivity index (χ3n) is 3.70. The van der Waals surface area contributed by atoms with E-state index in [4.69, 9.17) is 10.00 Å². The molecule has 1 amide bonds. The third-order valence-corrected chi connectivity index (χ3v) is 4.73. The Morgan fingerprint density at radius 2 is 2.25 bits per heavy atom. The first-order chi connectivity index (χ1) is 11.5. The number of carbonyl (C=O) groups excluding carboxylic acids is 3. The lowest BCUT2D eigenvalue weighted by molar-refractivity contribution is -0.151. The lowest BCUT2D eigenvalue weighted by Crippen LogP contribution is -2.36. The summed E-state index contributed by atoms with van der Waals surface area (Å²) in [5.74, 6) is -2.24. The highest BCUT2D eigenvalue weighted by Crippen LogP contribution is 2.20. The van der Waals surface area contributed by atoms with E-state index >= 15 is 0 Å². The summed E-state index contributed by atoms with van der Waals surface area (Å²) in [6.45, 7) is 1.66. The van der Waals surface area contributed by atoms with Gasteiger partial charge in [-0.3, -0.25) is 14.4 Å². The minimum atomic E-state index is -1.03. The lowest BCUT2D eigenvalue weighted by Gasteiger charge is -2.19. The molecule has 24 heavy (non-hydrogen) atoms. The second-order valence-electron chi connectivity index (χ2n) is 5.64. The van der Waals surface area contributed by atoms with Gasteiger partial charge in [-0.25, -0.2) is 4.98 Å². The molecule has 1 aromatic rings. The fourth-order valence-electron chi connectivity index (χ4n) is 2.41. The molecule has 1 aliphatic rings. The molecule has 1 aliphatic heterocycles. The number of likely N-dealkylation sites (tertiary alicyclic amines) is 1. The molecule has 2 rings (SSSR count). The van der Waals surface area contributed by atoms with Crippen molar-refractivity contribution in [2.24, 2.45) is 0 Å². The van der Waals surface area contributed by atoms with Crippen molar-refractivity contribution in [3.63, 3.8) is 0 Å². The standard InChI is InChI=1S/C16H19N3O4S/c1-11-10-24-16(18-11)12(7-17)13(20)9-23-15(22)8-19-6-4-2-3-5-14(19)21/h10,12H,2-6,8-9H2,1H3/t12-/m1/s1. The Morgan fingerprint density at radius 1 is 1.46 bits per heavy atom. The monoisotopic (exact) mass is 349 g/mol. The van der Waals surface area contributed by atoms with Crippen molar-refractivity contribution in [1.82, 2.24) is 9.88 Å². The second kappa shape index (κ2) is 8.55. The predicted octanol–water partition coefficient (Wildman–Crippen LogP) is 1.57. The van der Waals surface area contributed by atoms with Crippen molar-refractivity contribution in [3.8, 4) is 6.07 Å². The molecule has 0 unspecified atom stereocenters. The van der Waals surface area contributed by atoms with Gasteiger partial charge in [0.05, 0.1) is 6.07 Å². The molecule has 7 nitrogen and oxygen atoms in total. The van der Waals surface area contributed by atoms with Crippen LogP contribution in [0.4, 0.5) is 0 Å². The molecule has 0 saturated carbocycles. The van der Waals surface area contributed by atoms with Crippen LogP contribution in [0.5, 0.6) is 0 Å². The summed E-state index contributed by atoms with van der Waals surface area (Å²) in [6, 6.07) is 1.89. The van der Waals surface area contributed by atoms with E-state index < -0.39 is 24.3 Å². The predicted molar refractivity (Wildman–Crippen MR) is 86.2 cm³/mol. The lowest BCUT2D eigenvalue weighted by atomic mass is 10.1. The Morgan fingerprint density at radius 3 is 2.92 bits per heavy atom. The number of thiazole rings is 1. The van der Waals surface area contributed by atoms with Crippen molar-refractivity contribution in [2.75, 3.05) is 19.7 Å². The topological polar surface area (TPSA) is 100 Å². The second-order valence-corrected chi connectivity index (χ2v) is 6.53. The van der Waals surface area contributed by atoms with Crippen LogP contribution < -0.4 is 0 Å². The van der Waals surface area contributed by atoms with E-state index in [2.05, 4.69) is 4.98 Å². The molecule has 0 aliphatic carbocycles. The Balaban J connectivity index is 1.85. The maximum atomic E-state index is 12.1. The zero-order valence-electron chi connectivity index (χ0n) is 13.5. The average molecular weight is 349 g/mol. The number of nitrogens with zero attached hydrogens (tertiary/aromatic N) is 3. The first-order valence-electron chi connectivity index (χ1n) is 7.79. The summed E-state index contributed by atoms with van der Waals surface area (Å²) in [6.07, 6.45) is 3.09. The molecule has 128 valence electrons. The van der Waals surface area contributed by atoms with Crippen molar-refractivity contribution in [3.05, 3.63) is 16.1 Å². The highest BCUT2D eigenvalue weighted by atomic mass is 32.1. The SMILES string of the molecule is Cc1csc([C@H](C#N)C(=O)COC(=O)CN2CCCCCC2=O)n1. The number of amides is 1. The molecule has 1 saturated heterocycles. The van der Waals surface area contributed by atoms with Crippen LogP contribution in [0.3, 0.4) is 0 Å². The van der Waals surface area contributed by atoms with Gasteiger partial charge >= 0.3 is 5.97 Å². The van der Waals surface area contributed by atoms with Gasteiger partial charge in [-0.15, -0.1) is 11.3 Å². The number of esters is 1. The molecule has 1 atom stereocenters. The van der Waals surface area contributed by atoms with Gasteiger partial charge in [-0.05, 0) is 19.8 Å². The number of ether oxygens (including phenoxy) is 1. The van der Waals surface area contributed by atoms with Gasteiger partial charge in [0, 0.05) is 24.0 Å².